The van der Waals surface area contributed by atoms with Crippen LogP contribution in [0.4, 0.5) is 0 Å². The lowest BCUT2D eigenvalue weighted by Gasteiger charge is -2.15. The van der Waals surface area contributed by atoms with Crippen molar-refractivity contribution in [2.45, 2.75) is 26.6 Å². The van der Waals surface area contributed by atoms with E-state index < -0.39 is 0 Å². The number of aryl methyl sites for hydroxylation is 1. The van der Waals surface area contributed by atoms with Crippen LogP contribution in [0.2, 0.25) is 0 Å². The molecule has 6 heteroatoms. The van der Waals surface area contributed by atoms with Gasteiger partial charge in [0, 0.05) is 17.3 Å². The van der Waals surface area contributed by atoms with E-state index in [0.29, 0.717) is 17.3 Å². The van der Waals surface area contributed by atoms with E-state index in [-0.39, 0.29) is 17.9 Å². The molecular formula is C25H22N4O2. The van der Waals surface area contributed by atoms with Gasteiger partial charge >= 0.3 is 0 Å². The number of nitrogens with one attached hydrogen (secondary N) is 1. The van der Waals surface area contributed by atoms with Crippen LogP contribution in [0.5, 0.6) is 0 Å². The number of carbonyl (C=O) groups is 1. The monoisotopic (exact) mass is 410 g/mol. The van der Waals surface area contributed by atoms with Crippen molar-refractivity contribution >= 4 is 38.7 Å². The van der Waals surface area contributed by atoms with Crippen LogP contribution < -0.4 is 10.7 Å². The number of hydrogen-bond donors (Lipinski definition) is 1. The molecule has 2 heterocycles. The van der Waals surface area contributed by atoms with Crippen molar-refractivity contribution in [2.24, 2.45) is 0 Å². The van der Waals surface area contributed by atoms with Gasteiger partial charge in [-0.05, 0) is 43.3 Å². The van der Waals surface area contributed by atoms with Crippen molar-refractivity contribution in [2.75, 3.05) is 0 Å². The smallest absolute Gasteiger partial charge is 0.240 e. The van der Waals surface area contributed by atoms with E-state index in [4.69, 9.17) is 0 Å². The third-order valence-electron chi connectivity index (χ3n) is 5.67. The van der Waals surface area contributed by atoms with Crippen molar-refractivity contribution in [3.05, 3.63) is 88.8 Å². The molecule has 6 nitrogen and oxygen atoms in total. The molecule has 0 aliphatic rings. The molecule has 0 unspecified atom stereocenters. The highest BCUT2D eigenvalue weighted by molar-refractivity contribution is 5.94. The molecule has 0 saturated heterocycles. The van der Waals surface area contributed by atoms with Crippen LogP contribution in [-0.4, -0.2) is 20.0 Å². The zero-order chi connectivity index (χ0) is 21.4. The van der Waals surface area contributed by atoms with Gasteiger partial charge in [-0.3, -0.25) is 9.59 Å². The standard InChI is InChI=1S/C25H22N4O2/c1-2-28-22-14-8-5-11-19(22)27-23(28)15-26-24(30)16-29-20-12-6-3-9-17(20)25(31)18-10-4-7-13-21(18)29/h3-14H,2,15-16H2,1H3,(H,26,30). The highest BCUT2D eigenvalue weighted by atomic mass is 16.2. The van der Waals surface area contributed by atoms with Crippen molar-refractivity contribution in [3.63, 3.8) is 0 Å². The Hall–Kier alpha value is -3.93. The highest BCUT2D eigenvalue weighted by Crippen LogP contribution is 2.19. The molecular weight excluding hydrogens is 388 g/mol. The Morgan fingerprint density at radius 3 is 2.06 bits per heavy atom. The number of nitrogens with zero attached hydrogens (tertiary/aromatic N) is 3. The maximum atomic E-state index is 12.9. The second-order valence-electron chi connectivity index (χ2n) is 7.49. The highest BCUT2D eigenvalue weighted by Gasteiger charge is 2.14. The maximum Gasteiger partial charge on any atom is 0.240 e. The number of fused-ring (bicyclic) bond motifs is 3. The third kappa shape index (κ3) is 3.26. The van der Waals surface area contributed by atoms with Crippen LogP contribution in [0.25, 0.3) is 32.8 Å². The molecule has 0 radical (unpaired) electrons. The minimum Gasteiger partial charge on any atom is -0.347 e. The molecule has 0 aliphatic carbocycles. The van der Waals surface area contributed by atoms with Gasteiger partial charge in [-0.25, -0.2) is 4.98 Å². The van der Waals surface area contributed by atoms with Crippen LogP contribution in [0.3, 0.4) is 0 Å². The summed E-state index contributed by atoms with van der Waals surface area (Å²) in [5.74, 6) is 0.695. The molecule has 0 saturated carbocycles. The van der Waals surface area contributed by atoms with Crippen molar-refractivity contribution in [3.8, 4) is 0 Å². The first-order valence-electron chi connectivity index (χ1n) is 10.4. The summed E-state index contributed by atoms with van der Waals surface area (Å²) < 4.78 is 4.02. The van der Waals surface area contributed by atoms with E-state index >= 15 is 0 Å². The summed E-state index contributed by atoms with van der Waals surface area (Å²) >= 11 is 0. The van der Waals surface area contributed by atoms with E-state index in [1.54, 1.807) is 0 Å². The third-order valence-corrected chi connectivity index (χ3v) is 5.67. The lowest BCUT2D eigenvalue weighted by Crippen LogP contribution is -2.29. The maximum absolute atomic E-state index is 12.9. The Balaban J connectivity index is 1.47. The molecule has 31 heavy (non-hydrogen) atoms. The Labute approximate surface area is 178 Å². The minimum absolute atomic E-state index is 0.0143. The van der Waals surface area contributed by atoms with Crippen LogP contribution in [0.1, 0.15) is 12.7 Å². The number of aromatic nitrogens is 3. The second kappa shape index (κ2) is 7.72. The Morgan fingerprint density at radius 1 is 0.839 bits per heavy atom. The van der Waals surface area contributed by atoms with Gasteiger partial charge in [0.1, 0.15) is 12.4 Å². The molecule has 154 valence electrons. The number of benzene rings is 3. The molecule has 0 atom stereocenters. The molecule has 0 fully saturated rings. The first-order valence-corrected chi connectivity index (χ1v) is 10.4. The summed E-state index contributed by atoms with van der Waals surface area (Å²) in [6.07, 6.45) is 0. The predicted molar refractivity (Wildman–Crippen MR) is 123 cm³/mol. The molecule has 0 spiro atoms. The molecule has 1 amide bonds. The fourth-order valence-electron chi connectivity index (χ4n) is 4.24. The Bertz CT molecular complexity index is 1440. The molecule has 5 rings (SSSR count). The number of hydrogen-bond acceptors (Lipinski definition) is 3. The largest absolute Gasteiger partial charge is 0.347 e. The van der Waals surface area contributed by atoms with Gasteiger partial charge in [-0.2, -0.15) is 0 Å². The molecule has 5 aromatic rings. The normalized spacial score (nSPS) is 11.4. The molecule has 0 aliphatic heterocycles. The first kappa shape index (κ1) is 19.1. The summed E-state index contributed by atoms with van der Waals surface area (Å²) in [6, 6.07) is 22.8. The zero-order valence-corrected chi connectivity index (χ0v) is 17.2. The van der Waals surface area contributed by atoms with E-state index in [1.165, 1.54) is 0 Å². The number of carbonyl (C=O) groups excluding carboxylic acids is 1. The van der Waals surface area contributed by atoms with Crippen LogP contribution >= 0.6 is 0 Å². The fourth-order valence-corrected chi connectivity index (χ4v) is 4.24. The average molecular weight is 410 g/mol. The number of rotatable bonds is 5. The number of amides is 1. The summed E-state index contributed by atoms with van der Waals surface area (Å²) in [5.41, 5.74) is 3.47. The van der Waals surface area contributed by atoms with Gasteiger partial charge in [0.25, 0.3) is 0 Å². The summed E-state index contributed by atoms with van der Waals surface area (Å²) in [7, 11) is 0. The van der Waals surface area contributed by atoms with Gasteiger partial charge in [0.2, 0.25) is 5.91 Å². The van der Waals surface area contributed by atoms with Crippen LogP contribution in [-0.2, 0) is 24.4 Å². The molecule has 2 aromatic heterocycles. The van der Waals surface area contributed by atoms with Gasteiger partial charge in [0.15, 0.2) is 5.43 Å². The lowest BCUT2D eigenvalue weighted by atomic mass is 10.1. The SMILES string of the molecule is CCn1c(CNC(=O)Cn2c3ccccc3c(=O)c3ccccc32)nc2ccccc21. The average Bonchev–Trinajstić information content (AvgIpc) is 3.18. The molecule has 3 aromatic carbocycles. The summed E-state index contributed by atoms with van der Waals surface area (Å²) in [6.45, 7) is 3.31. The van der Waals surface area contributed by atoms with Gasteiger partial charge < -0.3 is 14.5 Å². The number of pyridine rings is 1. The molecule has 1 N–H and O–H groups in total. The molecule has 0 bridgehead atoms. The summed E-state index contributed by atoms with van der Waals surface area (Å²) in [5, 5.41) is 4.23. The van der Waals surface area contributed by atoms with Crippen molar-refractivity contribution in [1.82, 2.24) is 19.4 Å². The minimum atomic E-state index is -0.131. The first-order chi connectivity index (χ1) is 15.2. The Kier molecular flexibility index (Phi) is 4.75. The van der Waals surface area contributed by atoms with Crippen LogP contribution in [0, 0.1) is 0 Å². The predicted octanol–water partition coefficient (Wildman–Crippen LogP) is 3.84. The fraction of sp³-hybridized carbons (Fsp3) is 0.160. The van der Waals surface area contributed by atoms with E-state index in [1.807, 2.05) is 77.4 Å². The number of imidazole rings is 1. The number of para-hydroxylation sites is 4. The second-order valence-corrected chi connectivity index (χ2v) is 7.49. The van der Waals surface area contributed by atoms with E-state index in [9.17, 15) is 9.59 Å². The van der Waals surface area contributed by atoms with Crippen molar-refractivity contribution < 1.29 is 4.79 Å². The summed E-state index contributed by atoms with van der Waals surface area (Å²) in [4.78, 5) is 30.5. The van der Waals surface area contributed by atoms with Crippen molar-refractivity contribution in [1.29, 1.82) is 0 Å². The Morgan fingerprint density at radius 2 is 1.42 bits per heavy atom. The zero-order valence-electron chi connectivity index (χ0n) is 17.2. The van der Waals surface area contributed by atoms with Crippen LogP contribution in [0.15, 0.2) is 77.6 Å². The van der Waals surface area contributed by atoms with Gasteiger partial charge in [-0.1, -0.05) is 36.4 Å². The lowest BCUT2D eigenvalue weighted by molar-refractivity contribution is -0.121. The topological polar surface area (TPSA) is 68.9 Å². The van der Waals surface area contributed by atoms with Gasteiger partial charge in [-0.15, -0.1) is 0 Å². The quantitative estimate of drug-likeness (QED) is 0.448. The van der Waals surface area contributed by atoms with E-state index in [0.717, 1.165) is 34.4 Å². The van der Waals surface area contributed by atoms with E-state index in [2.05, 4.69) is 21.8 Å². The van der Waals surface area contributed by atoms with Gasteiger partial charge in [0.05, 0.1) is 28.6 Å².